The highest BCUT2D eigenvalue weighted by molar-refractivity contribution is 7.25. The molecule has 4 heterocycles. The first-order valence-corrected chi connectivity index (χ1v) is 9.24. The fourth-order valence-corrected chi connectivity index (χ4v) is 4.07. The largest absolute Gasteiger partial charge is 0.347 e. The van der Waals surface area contributed by atoms with E-state index >= 15 is 0 Å². The molecule has 1 aromatic carbocycles. The number of hydrogen-bond donors (Lipinski definition) is 0. The minimum atomic E-state index is -0.467. The molecule has 5 rings (SSSR count). The third kappa shape index (κ3) is 2.46. The number of thiophene rings is 1. The van der Waals surface area contributed by atoms with Crippen LogP contribution in [0.25, 0.3) is 32.0 Å². The lowest BCUT2D eigenvalue weighted by Gasteiger charge is -2.13. The molecule has 5 aromatic rings. The summed E-state index contributed by atoms with van der Waals surface area (Å²) in [7, 11) is 3.58. The van der Waals surface area contributed by atoms with E-state index in [0.29, 0.717) is 32.2 Å². The molecule has 144 valence electrons. The van der Waals surface area contributed by atoms with E-state index in [0.717, 1.165) is 0 Å². The van der Waals surface area contributed by atoms with E-state index in [4.69, 9.17) is 0 Å². The average Bonchev–Trinajstić information content (AvgIpc) is 3.28. The van der Waals surface area contributed by atoms with Crippen LogP contribution in [0.5, 0.6) is 0 Å². The first kappa shape index (κ1) is 17.2. The zero-order valence-corrected chi connectivity index (χ0v) is 16.0. The van der Waals surface area contributed by atoms with Crippen LogP contribution < -0.4 is 10.5 Å². The molecule has 0 saturated heterocycles. The number of aromatic nitrogens is 6. The molecule has 0 radical (unpaired) electrons. The van der Waals surface area contributed by atoms with Crippen LogP contribution in [0.3, 0.4) is 0 Å². The van der Waals surface area contributed by atoms with Gasteiger partial charge in [-0.05, 0) is 12.1 Å². The Bertz CT molecular complexity index is 1480. The molecular formula is C17H12N8O3S. The number of fused-ring (bicyclic) bond motifs is 4. The molecule has 12 heteroatoms. The summed E-state index contributed by atoms with van der Waals surface area (Å²) in [5, 5.41) is 15.4. The van der Waals surface area contributed by atoms with Gasteiger partial charge in [0.05, 0.1) is 10.6 Å². The molecule has 0 unspecified atom stereocenters. The van der Waals surface area contributed by atoms with Crippen molar-refractivity contribution in [3.8, 4) is 5.69 Å². The molecule has 0 amide bonds. The number of anilines is 1. The van der Waals surface area contributed by atoms with Gasteiger partial charge in [0.2, 0.25) is 11.7 Å². The molecule has 0 atom stereocenters. The van der Waals surface area contributed by atoms with Crippen LogP contribution in [0, 0.1) is 10.1 Å². The number of nitrogens with zero attached hydrogens (tertiary/aromatic N) is 8. The highest BCUT2D eigenvalue weighted by atomic mass is 32.1. The molecule has 0 fully saturated rings. The summed E-state index contributed by atoms with van der Waals surface area (Å²) in [6.45, 7) is 0. The van der Waals surface area contributed by atoms with Gasteiger partial charge in [0.1, 0.15) is 20.6 Å². The highest BCUT2D eigenvalue weighted by Crippen LogP contribution is 2.29. The highest BCUT2D eigenvalue weighted by Gasteiger charge is 2.22. The van der Waals surface area contributed by atoms with Crippen LogP contribution in [-0.4, -0.2) is 48.2 Å². The van der Waals surface area contributed by atoms with Gasteiger partial charge in [-0.3, -0.25) is 14.9 Å². The maximum Gasteiger partial charge on any atom is 0.293 e. The minimum Gasteiger partial charge on any atom is -0.347 e. The number of rotatable bonds is 3. The topological polar surface area (TPSA) is 124 Å². The van der Waals surface area contributed by atoms with Gasteiger partial charge in [0.25, 0.3) is 11.2 Å². The van der Waals surface area contributed by atoms with Gasteiger partial charge >= 0.3 is 0 Å². The lowest BCUT2D eigenvalue weighted by Crippen LogP contribution is -2.15. The molecule has 0 saturated carbocycles. The molecule has 0 aliphatic rings. The van der Waals surface area contributed by atoms with E-state index < -0.39 is 4.92 Å². The fourth-order valence-electron chi connectivity index (χ4n) is 3.10. The Balaban J connectivity index is 1.89. The van der Waals surface area contributed by atoms with Gasteiger partial charge in [-0.25, -0.2) is 19.5 Å². The summed E-state index contributed by atoms with van der Waals surface area (Å²) in [6.07, 6.45) is 3.12. The average molecular weight is 408 g/mol. The van der Waals surface area contributed by atoms with Crippen molar-refractivity contribution in [3.63, 3.8) is 0 Å². The fraction of sp³-hybridized carbons (Fsp3) is 0.118. The van der Waals surface area contributed by atoms with Gasteiger partial charge in [-0.15, -0.1) is 16.4 Å². The summed E-state index contributed by atoms with van der Waals surface area (Å²) in [5.41, 5.74) is 1.24. The lowest BCUT2D eigenvalue weighted by atomic mass is 10.3. The third-order valence-electron chi connectivity index (χ3n) is 4.40. The van der Waals surface area contributed by atoms with Gasteiger partial charge in [-0.1, -0.05) is 0 Å². The summed E-state index contributed by atoms with van der Waals surface area (Å²) in [5.74, 6) is 0.738. The zero-order chi connectivity index (χ0) is 20.3. The number of benzene rings is 1. The Morgan fingerprint density at radius 1 is 1.10 bits per heavy atom. The molecule has 29 heavy (non-hydrogen) atoms. The van der Waals surface area contributed by atoms with Crippen molar-refractivity contribution in [2.45, 2.75) is 0 Å². The van der Waals surface area contributed by atoms with E-state index in [9.17, 15) is 14.9 Å². The lowest BCUT2D eigenvalue weighted by molar-refractivity contribution is -0.384. The summed E-state index contributed by atoms with van der Waals surface area (Å²) in [4.78, 5) is 39.2. The number of hydrogen-bond acceptors (Lipinski definition) is 9. The van der Waals surface area contributed by atoms with Crippen molar-refractivity contribution < 1.29 is 4.92 Å². The van der Waals surface area contributed by atoms with Crippen LogP contribution in [0.4, 0.5) is 11.6 Å². The van der Waals surface area contributed by atoms with Gasteiger partial charge < -0.3 is 4.90 Å². The molecular weight excluding hydrogens is 396 g/mol. The summed E-state index contributed by atoms with van der Waals surface area (Å²) < 4.78 is 3.32. The SMILES string of the molecule is CN(C)c1nn2c(=O)c3sc4nccnc4c3nc2n1-c1ccc([N+](=O)[O-])cc1. The van der Waals surface area contributed by atoms with Crippen molar-refractivity contribution in [1.29, 1.82) is 0 Å². The van der Waals surface area contributed by atoms with E-state index in [1.165, 1.54) is 28.0 Å². The van der Waals surface area contributed by atoms with Crippen LogP contribution >= 0.6 is 11.3 Å². The van der Waals surface area contributed by atoms with E-state index in [1.54, 1.807) is 48.1 Å². The number of nitro groups is 1. The standard InChI is InChI=1S/C17H12N8O3S/c1-22(2)17-21-24-15(26)13-11(12-14(29-13)19-8-7-18-12)20-16(24)23(17)9-3-5-10(6-4-9)25(27)28/h3-8H,1-2H3. The molecule has 4 aromatic heterocycles. The first-order valence-electron chi connectivity index (χ1n) is 8.43. The van der Waals surface area contributed by atoms with E-state index in [2.05, 4.69) is 20.1 Å². The van der Waals surface area contributed by atoms with Crippen molar-refractivity contribution in [2.24, 2.45) is 0 Å². The molecule has 0 bridgehead atoms. The predicted molar refractivity (Wildman–Crippen MR) is 108 cm³/mol. The van der Waals surface area contributed by atoms with Gasteiger partial charge in [0, 0.05) is 38.6 Å². The summed E-state index contributed by atoms with van der Waals surface area (Å²) >= 11 is 1.22. The molecule has 0 N–H and O–H groups in total. The van der Waals surface area contributed by atoms with Gasteiger partial charge in [-0.2, -0.15) is 4.52 Å². The quantitative estimate of drug-likeness (QED) is 0.328. The Kier molecular flexibility index (Phi) is 3.58. The minimum absolute atomic E-state index is 0.0313. The second kappa shape index (κ2) is 6.04. The molecule has 0 aliphatic heterocycles. The monoisotopic (exact) mass is 408 g/mol. The first-order chi connectivity index (χ1) is 14.0. The van der Waals surface area contributed by atoms with Crippen molar-refractivity contribution >= 4 is 49.3 Å². The van der Waals surface area contributed by atoms with Crippen molar-refractivity contribution in [1.82, 2.24) is 29.1 Å². The number of non-ortho nitro benzene ring substituents is 1. The molecule has 0 spiro atoms. The van der Waals surface area contributed by atoms with Crippen molar-refractivity contribution in [3.05, 3.63) is 57.1 Å². The Morgan fingerprint density at radius 2 is 1.83 bits per heavy atom. The molecule has 11 nitrogen and oxygen atoms in total. The van der Waals surface area contributed by atoms with Crippen LogP contribution in [0.2, 0.25) is 0 Å². The Morgan fingerprint density at radius 3 is 2.52 bits per heavy atom. The van der Waals surface area contributed by atoms with E-state index in [-0.39, 0.29) is 17.0 Å². The normalized spacial score (nSPS) is 11.5. The number of nitro benzene ring substituents is 1. The Hall–Kier alpha value is -3.93. The maximum absolute atomic E-state index is 13.1. The second-order valence-corrected chi connectivity index (χ2v) is 7.42. The molecule has 0 aliphatic carbocycles. The van der Waals surface area contributed by atoms with Gasteiger partial charge in [0.15, 0.2) is 0 Å². The van der Waals surface area contributed by atoms with E-state index in [1.807, 2.05) is 0 Å². The maximum atomic E-state index is 13.1. The van der Waals surface area contributed by atoms with Crippen LogP contribution in [0.1, 0.15) is 0 Å². The van der Waals surface area contributed by atoms with Crippen LogP contribution in [-0.2, 0) is 0 Å². The predicted octanol–water partition coefficient (Wildman–Crippen LogP) is 2.01. The smallest absolute Gasteiger partial charge is 0.293 e. The van der Waals surface area contributed by atoms with Crippen LogP contribution in [0.15, 0.2) is 41.5 Å². The third-order valence-corrected chi connectivity index (χ3v) is 5.46. The van der Waals surface area contributed by atoms with Crippen molar-refractivity contribution in [2.75, 3.05) is 19.0 Å². The summed E-state index contributed by atoms with van der Waals surface area (Å²) in [6, 6.07) is 5.98. The Labute approximate surface area is 165 Å². The zero-order valence-electron chi connectivity index (χ0n) is 15.2. The second-order valence-electron chi connectivity index (χ2n) is 6.42.